The van der Waals surface area contributed by atoms with Gasteiger partial charge in [-0.15, -0.1) is 0 Å². The van der Waals surface area contributed by atoms with Gasteiger partial charge in [-0.05, 0) is 53.4 Å². The number of ether oxygens (including phenoxy) is 1. The van der Waals surface area contributed by atoms with Crippen molar-refractivity contribution in [3.05, 3.63) is 23.3 Å². The minimum atomic E-state index is -0.642. The van der Waals surface area contributed by atoms with Gasteiger partial charge in [0.25, 0.3) is 0 Å². The Morgan fingerprint density at radius 1 is 1.29 bits per heavy atom. The van der Waals surface area contributed by atoms with Crippen molar-refractivity contribution >= 4 is 0 Å². The highest BCUT2D eigenvalue weighted by molar-refractivity contribution is 5.03. The van der Waals surface area contributed by atoms with Gasteiger partial charge in [0, 0.05) is 0 Å². The molecule has 1 saturated heterocycles. The van der Waals surface area contributed by atoms with Crippen LogP contribution in [0.25, 0.3) is 0 Å². The maximum Gasteiger partial charge on any atom is 0.109 e. The van der Waals surface area contributed by atoms with E-state index < -0.39 is 5.60 Å². The summed E-state index contributed by atoms with van der Waals surface area (Å²) in [7, 11) is 0. The van der Waals surface area contributed by atoms with Crippen molar-refractivity contribution in [3.8, 4) is 0 Å². The van der Waals surface area contributed by atoms with E-state index in [-0.39, 0.29) is 6.10 Å². The van der Waals surface area contributed by atoms with Crippen molar-refractivity contribution in [2.75, 3.05) is 6.61 Å². The fraction of sp³-hybridized carbons (Fsp3) is 0.733. The van der Waals surface area contributed by atoms with E-state index in [0.717, 1.165) is 32.3 Å². The maximum absolute atomic E-state index is 10.1. The van der Waals surface area contributed by atoms with E-state index in [1.165, 1.54) is 11.1 Å². The molecule has 0 radical (unpaired) electrons. The third-order valence-electron chi connectivity index (χ3n) is 3.26. The van der Waals surface area contributed by atoms with Crippen LogP contribution in [0.15, 0.2) is 23.3 Å². The Morgan fingerprint density at radius 2 is 1.94 bits per heavy atom. The van der Waals surface area contributed by atoms with E-state index in [4.69, 9.17) is 4.74 Å². The van der Waals surface area contributed by atoms with Gasteiger partial charge in [-0.1, -0.05) is 23.3 Å². The Morgan fingerprint density at radius 3 is 2.47 bits per heavy atom. The van der Waals surface area contributed by atoms with Gasteiger partial charge >= 0.3 is 0 Å². The van der Waals surface area contributed by atoms with Crippen LogP contribution < -0.4 is 0 Å². The van der Waals surface area contributed by atoms with Gasteiger partial charge in [0.15, 0.2) is 0 Å². The zero-order valence-electron chi connectivity index (χ0n) is 11.6. The molecule has 2 unspecified atom stereocenters. The van der Waals surface area contributed by atoms with Gasteiger partial charge in [0.05, 0.1) is 12.2 Å². The summed E-state index contributed by atoms with van der Waals surface area (Å²) < 4.78 is 5.14. The number of allylic oxidation sites excluding steroid dienone is 4. The number of epoxide rings is 1. The third-order valence-corrected chi connectivity index (χ3v) is 3.26. The highest BCUT2D eigenvalue weighted by atomic mass is 16.6. The van der Waals surface area contributed by atoms with Crippen LogP contribution >= 0.6 is 0 Å². The molecule has 1 fully saturated rings. The Labute approximate surface area is 105 Å². The fourth-order valence-electron chi connectivity index (χ4n) is 1.87. The summed E-state index contributed by atoms with van der Waals surface area (Å²) in [4.78, 5) is 0. The zero-order valence-corrected chi connectivity index (χ0v) is 11.6. The Balaban J connectivity index is 2.21. The minimum Gasteiger partial charge on any atom is -0.387 e. The summed E-state index contributed by atoms with van der Waals surface area (Å²) in [6, 6.07) is 0. The first-order chi connectivity index (χ1) is 7.92. The zero-order chi connectivity index (χ0) is 12.9. The molecule has 2 heteroatoms. The molecule has 1 heterocycles. The summed E-state index contributed by atoms with van der Waals surface area (Å²) in [5, 5.41) is 10.1. The topological polar surface area (TPSA) is 32.8 Å². The lowest BCUT2D eigenvalue weighted by Crippen LogP contribution is -2.30. The largest absolute Gasteiger partial charge is 0.387 e. The predicted molar refractivity (Wildman–Crippen MR) is 72.0 cm³/mol. The average molecular weight is 238 g/mol. The molecule has 98 valence electrons. The molecule has 0 spiro atoms. The molecule has 0 aliphatic carbocycles. The standard InChI is InChI=1S/C15H26O2/c1-12(2)7-5-8-13(3)9-6-10-15(4,16)14-11-17-14/h7,9,14,16H,5-6,8,10-11H2,1-4H3/b13-9+. The molecule has 1 N–H and O–H groups in total. The number of aliphatic hydroxyl groups is 1. The van der Waals surface area contributed by atoms with E-state index in [9.17, 15) is 5.11 Å². The van der Waals surface area contributed by atoms with Crippen molar-refractivity contribution in [2.45, 2.75) is 65.1 Å². The van der Waals surface area contributed by atoms with Crippen LogP contribution in [0.1, 0.15) is 53.4 Å². The van der Waals surface area contributed by atoms with Crippen LogP contribution in [-0.2, 0) is 4.74 Å². The lowest BCUT2D eigenvalue weighted by Gasteiger charge is -2.19. The fourth-order valence-corrected chi connectivity index (χ4v) is 1.87. The summed E-state index contributed by atoms with van der Waals surface area (Å²) in [6.45, 7) is 9.02. The van der Waals surface area contributed by atoms with E-state index in [1.54, 1.807) is 0 Å². The van der Waals surface area contributed by atoms with E-state index in [0.29, 0.717) is 0 Å². The highest BCUT2D eigenvalue weighted by Gasteiger charge is 2.40. The summed E-state index contributed by atoms with van der Waals surface area (Å²) in [5.74, 6) is 0. The first kappa shape index (κ1) is 14.5. The molecular formula is C15H26O2. The first-order valence-electron chi connectivity index (χ1n) is 6.55. The van der Waals surface area contributed by atoms with Gasteiger partial charge < -0.3 is 9.84 Å². The normalized spacial score (nSPS) is 23.1. The van der Waals surface area contributed by atoms with E-state index in [1.807, 2.05) is 6.92 Å². The lowest BCUT2D eigenvalue weighted by atomic mass is 9.95. The van der Waals surface area contributed by atoms with Crippen molar-refractivity contribution in [3.63, 3.8) is 0 Å². The molecule has 0 aromatic carbocycles. The van der Waals surface area contributed by atoms with Crippen molar-refractivity contribution in [1.82, 2.24) is 0 Å². The van der Waals surface area contributed by atoms with Crippen LogP contribution in [0.2, 0.25) is 0 Å². The second kappa shape index (κ2) is 6.36. The van der Waals surface area contributed by atoms with Gasteiger partial charge in [-0.3, -0.25) is 0 Å². The molecule has 0 aromatic heterocycles. The molecule has 2 atom stereocenters. The lowest BCUT2D eigenvalue weighted by molar-refractivity contribution is 0.0225. The monoisotopic (exact) mass is 238 g/mol. The molecule has 2 nitrogen and oxygen atoms in total. The van der Waals surface area contributed by atoms with Gasteiger partial charge in [0.1, 0.15) is 6.10 Å². The highest BCUT2D eigenvalue weighted by Crippen LogP contribution is 2.28. The molecule has 17 heavy (non-hydrogen) atoms. The minimum absolute atomic E-state index is 0.0712. The van der Waals surface area contributed by atoms with Crippen LogP contribution in [0.5, 0.6) is 0 Å². The Kier molecular flexibility index (Phi) is 5.41. The van der Waals surface area contributed by atoms with Crippen LogP contribution in [-0.4, -0.2) is 23.4 Å². The third kappa shape index (κ3) is 6.04. The molecule has 1 rings (SSSR count). The van der Waals surface area contributed by atoms with Gasteiger partial charge in [0.2, 0.25) is 0 Å². The number of hydrogen-bond acceptors (Lipinski definition) is 2. The quantitative estimate of drug-likeness (QED) is 0.543. The molecule has 0 bridgehead atoms. The molecule has 0 amide bonds. The van der Waals surface area contributed by atoms with Crippen LogP contribution in [0.3, 0.4) is 0 Å². The van der Waals surface area contributed by atoms with E-state index >= 15 is 0 Å². The second-order valence-corrected chi connectivity index (χ2v) is 5.59. The molecular weight excluding hydrogens is 212 g/mol. The number of hydrogen-bond donors (Lipinski definition) is 1. The summed E-state index contributed by atoms with van der Waals surface area (Å²) in [6.07, 6.45) is 8.55. The molecule has 0 saturated carbocycles. The molecule has 1 aliphatic heterocycles. The predicted octanol–water partition coefficient (Wildman–Crippen LogP) is 3.61. The van der Waals surface area contributed by atoms with Crippen molar-refractivity contribution in [2.24, 2.45) is 0 Å². The van der Waals surface area contributed by atoms with E-state index in [2.05, 4.69) is 32.9 Å². The average Bonchev–Trinajstić information content (AvgIpc) is 2.99. The van der Waals surface area contributed by atoms with Crippen LogP contribution in [0.4, 0.5) is 0 Å². The smallest absolute Gasteiger partial charge is 0.109 e. The summed E-state index contributed by atoms with van der Waals surface area (Å²) >= 11 is 0. The summed E-state index contributed by atoms with van der Waals surface area (Å²) in [5.41, 5.74) is 2.15. The maximum atomic E-state index is 10.1. The second-order valence-electron chi connectivity index (χ2n) is 5.59. The molecule has 1 aliphatic rings. The Bertz CT molecular complexity index is 292. The van der Waals surface area contributed by atoms with Gasteiger partial charge in [-0.25, -0.2) is 0 Å². The first-order valence-corrected chi connectivity index (χ1v) is 6.55. The van der Waals surface area contributed by atoms with Crippen LogP contribution in [0, 0.1) is 0 Å². The van der Waals surface area contributed by atoms with Crippen molar-refractivity contribution in [1.29, 1.82) is 0 Å². The van der Waals surface area contributed by atoms with Crippen molar-refractivity contribution < 1.29 is 9.84 Å². The number of rotatable bonds is 7. The molecule has 0 aromatic rings. The SMILES string of the molecule is CC(C)=CCC/C(C)=C/CCC(C)(O)C1CO1. The Hall–Kier alpha value is -0.600. The van der Waals surface area contributed by atoms with Gasteiger partial charge in [-0.2, -0.15) is 0 Å².